The Morgan fingerprint density at radius 2 is 1.72 bits per heavy atom. The van der Waals surface area contributed by atoms with E-state index in [1.54, 1.807) is 66.4 Å². The number of hydrogen-bond acceptors (Lipinski definition) is 16. The van der Waals surface area contributed by atoms with E-state index in [1.165, 1.54) is 21.6 Å². The van der Waals surface area contributed by atoms with Crippen LogP contribution in [0.1, 0.15) is 95.9 Å². The molecule has 3 fully saturated rings. The Balaban J connectivity index is 0.978. The Morgan fingerprint density at radius 3 is 2.38 bits per heavy atom. The average molecular weight is 1040 g/mol. The summed E-state index contributed by atoms with van der Waals surface area (Å²) in [5.74, 6) is -2.24. The van der Waals surface area contributed by atoms with E-state index in [1.807, 2.05) is 56.3 Å². The number of ether oxygens (including phenoxy) is 4. The molecule has 0 aliphatic carbocycles. The molecule has 0 bridgehead atoms. The van der Waals surface area contributed by atoms with E-state index in [0.29, 0.717) is 105 Å². The summed E-state index contributed by atoms with van der Waals surface area (Å²) in [5, 5.41) is 23.5. The lowest BCUT2D eigenvalue weighted by molar-refractivity contribution is -0.164. The van der Waals surface area contributed by atoms with Crippen LogP contribution in [0.2, 0.25) is 0 Å². The van der Waals surface area contributed by atoms with Crippen molar-refractivity contribution in [1.29, 1.82) is 0 Å². The molecule has 0 radical (unpaired) electrons. The Hall–Kier alpha value is -6.25. The van der Waals surface area contributed by atoms with E-state index in [-0.39, 0.29) is 35.3 Å². The number of piperidine rings is 1. The summed E-state index contributed by atoms with van der Waals surface area (Å²) in [5.41, 5.74) is 1.51. The number of nitrogens with zero attached hydrogens (tertiary/aromatic N) is 6. The molecule has 3 saturated heterocycles. The topological polar surface area (TPSA) is 231 Å². The van der Waals surface area contributed by atoms with Gasteiger partial charge in [0.25, 0.3) is 5.91 Å². The number of ketones is 1. The monoisotopic (exact) mass is 1040 g/mol. The third-order valence-corrected chi connectivity index (χ3v) is 16.3. The second-order valence-electron chi connectivity index (χ2n) is 20.4. The SMILES string of the molecule is CCC(C)(C)C(=O)C(=O)N1CCCC[C@H]1C(=O)O[C@H](CCc1ccc(OC)c(OC)c1)c1cccc(OCCNc2ncc(CN3C[C@@H](SC4=C(C(=O)O)N5C(=O)[C@H]([C@@H](C)O)[C@H]5[C@H]4C)C[C@H]3C(=O)N(C)C)cn2)c1. The number of amides is 3. The number of nitrogens with one attached hydrogen (secondary N) is 1. The van der Waals surface area contributed by atoms with Crippen molar-refractivity contribution in [3.8, 4) is 17.2 Å². The van der Waals surface area contributed by atoms with Crippen molar-refractivity contribution < 1.29 is 57.9 Å². The Morgan fingerprint density at radius 1 is 0.986 bits per heavy atom. The fraction of sp³-hybridized carbons (Fsp3) is 0.556. The van der Waals surface area contributed by atoms with E-state index in [9.17, 15) is 39.0 Å². The van der Waals surface area contributed by atoms with Gasteiger partial charge in [-0.2, -0.15) is 0 Å². The summed E-state index contributed by atoms with van der Waals surface area (Å²) >= 11 is 1.41. The van der Waals surface area contributed by atoms with Crippen molar-refractivity contribution in [2.45, 2.75) is 122 Å². The van der Waals surface area contributed by atoms with Gasteiger partial charge in [0.2, 0.25) is 23.5 Å². The number of anilines is 1. The number of aliphatic hydroxyl groups is 1. The number of Topliss-reactive ketones (excluding diaryl/α,β-unsaturated/α-hetero) is 1. The quantitative estimate of drug-likeness (QED) is 0.0460. The Kier molecular flexibility index (Phi) is 18.0. The zero-order valence-corrected chi connectivity index (χ0v) is 44.7. The van der Waals surface area contributed by atoms with Crippen molar-refractivity contribution in [2.24, 2.45) is 17.3 Å². The van der Waals surface area contributed by atoms with Crippen LogP contribution >= 0.6 is 11.8 Å². The maximum Gasteiger partial charge on any atom is 0.353 e. The molecule has 3 aromatic rings. The smallest absolute Gasteiger partial charge is 0.353 e. The van der Waals surface area contributed by atoms with Crippen LogP contribution in [-0.2, 0) is 46.5 Å². The second-order valence-corrected chi connectivity index (χ2v) is 21.8. The molecule has 2 aromatic carbocycles. The molecule has 4 aliphatic rings. The summed E-state index contributed by atoms with van der Waals surface area (Å²) in [4.78, 5) is 95.9. The van der Waals surface area contributed by atoms with Crippen LogP contribution < -0.4 is 19.5 Å². The summed E-state index contributed by atoms with van der Waals surface area (Å²) in [6.07, 6.45) is 5.42. The van der Waals surface area contributed by atoms with Crippen LogP contribution in [-0.4, -0.2) is 159 Å². The zero-order valence-electron chi connectivity index (χ0n) is 43.9. The molecule has 0 saturated carbocycles. The Labute approximate surface area is 437 Å². The van der Waals surface area contributed by atoms with Crippen LogP contribution in [0.3, 0.4) is 0 Å². The highest BCUT2D eigenvalue weighted by Gasteiger charge is 2.60. The molecule has 0 unspecified atom stereocenters. The van der Waals surface area contributed by atoms with Gasteiger partial charge in [0.1, 0.15) is 30.2 Å². The fourth-order valence-electron chi connectivity index (χ4n) is 10.3. The van der Waals surface area contributed by atoms with Crippen molar-refractivity contribution in [2.75, 3.05) is 59.9 Å². The molecule has 20 heteroatoms. The number of carboxylic acid groups (broad SMARTS) is 1. The minimum Gasteiger partial charge on any atom is -0.493 e. The van der Waals surface area contributed by atoms with Gasteiger partial charge >= 0.3 is 11.9 Å². The number of fused-ring (bicyclic) bond motifs is 1. The summed E-state index contributed by atoms with van der Waals surface area (Å²) in [7, 11) is 6.55. The fourth-order valence-corrected chi connectivity index (χ4v) is 11.8. The van der Waals surface area contributed by atoms with Gasteiger partial charge in [-0.25, -0.2) is 19.6 Å². The number of thioether (sulfide) groups is 1. The van der Waals surface area contributed by atoms with Gasteiger partial charge < -0.3 is 49.2 Å². The van der Waals surface area contributed by atoms with Crippen molar-refractivity contribution in [3.05, 3.63) is 82.2 Å². The van der Waals surface area contributed by atoms with Gasteiger partial charge in [0.15, 0.2) is 11.5 Å². The van der Waals surface area contributed by atoms with Crippen LogP contribution in [0.4, 0.5) is 5.95 Å². The maximum absolute atomic E-state index is 14.1. The highest BCUT2D eigenvalue weighted by atomic mass is 32.2. The summed E-state index contributed by atoms with van der Waals surface area (Å²) < 4.78 is 23.4. The second kappa shape index (κ2) is 24.0. The predicted octanol–water partition coefficient (Wildman–Crippen LogP) is 5.51. The predicted molar refractivity (Wildman–Crippen MR) is 276 cm³/mol. The number of benzene rings is 2. The van der Waals surface area contributed by atoms with Gasteiger partial charge in [-0.3, -0.25) is 24.1 Å². The number of carbonyl (C=O) groups excluding carboxylic acids is 5. The lowest BCUT2D eigenvalue weighted by Crippen LogP contribution is -2.63. The molecule has 74 heavy (non-hydrogen) atoms. The molecule has 3 amide bonds. The third-order valence-electron chi connectivity index (χ3n) is 14.8. The molecule has 4 aliphatic heterocycles. The number of aliphatic hydroxyl groups excluding tert-OH is 1. The zero-order chi connectivity index (χ0) is 53.6. The van der Waals surface area contributed by atoms with Crippen LogP contribution in [0.25, 0.3) is 0 Å². The largest absolute Gasteiger partial charge is 0.493 e. The molecule has 1 aromatic heterocycles. The lowest BCUT2D eigenvalue weighted by Gasteiger charge is -2.46. The first-order valence-electron chi connectivity index (χ1n) is 25.4. The number of rotatable bonds is 23. The molecule has 400 valence electrons. The molecule has 19 nitrogen and oxygen atoms in total. The minimum absolute atomic E-state index is 0.0333. The number of β-lactam (4-membered cyclic amide) rings is 1. The first kappa shape index (κ1) is 55.5. The minimum atomic E-state index is -1.18. The standard InChI is InChI=1S/C54H71N7O12S/c1-10-54(4,5)47(63)50(66)60-22-12-11-16-38(60)52(69)73-40(19-17-33-18-20-41(70-8)42(24-33)71-9)35-14-13-15-36(25-35)72-23-21-55-53-56-27-34(28-57-53)29-59-30-37(26-39(59)48(64)58(6)7)74-46-31(2)44-43(32(3)62)49(65)61(44)45(46)51(67)68/h13-15,18,20,24-25,27-28,31-32,37-40,43-44,62H,10-12,16-17,19,21-23,26,29-30H2,1-9H3,(H,67,68)(H,55,56,57)/t31-,32-,37+,38+,39+,40-,43-,44-/m1/s1. The maximum atomic E-state index is 14.1. The average Bonchev–Trinajstić information content (AvgIpc) is 3.90. The van der Waals surface area contributed by atoms with E-state index in [2.05, 4.69) is 20.2 Å². The molecule has 3 N–H and O–H groups in total. The van der Waals surface area contributed by atoms with E-state index < -0.39 is 65.3 Å². The number of aryl methyl sites for hydroxylation is 1. The van der Waals surface area contributed by atoms with Crippen molar-refractivity contribution in [3.63, 3.8) is 0 Å². The van der Waals surface area contributed by atoms with Crippen LogP contribution in [0, 0.1) is 17.3 Å². The van der Waals surface area contributed by atoms with Gasteiger partial charge in [-0.15, -0.1) is 11.8 Å². The van der Waals surface area contributed by atoms with Crippen molar-refractivity contribution >= 4 is 53.2 Å². The van der Waals surface area contributed by atoms with E-state index >= 15 is 0 Å². The summed E-state index contributed by atoms with van der Waals surface area (Å²) in [6, 6.07) is 11.2. The van der Waals surface area contributed by atoms with Gasteiger partial charge in [0.05, 0.1) is 44.9 Å². The number of carbonyl (C=O) groups is 6. The number of likely N-dealkylation sites (N-methyl/N-ethyl adjacent to an activating group) is 1. The van der Waals surface area contributed by atoms with E-state index in [4.69, 9.17) is 18.9 Å². The number of hydrogen-bond donors (Lipinski definition) is 3. The highest BCUT2D eigenvalue weighted by Crippen LogP contribution is 2.52. The lowest BCUT2D eigenvalue weighted by atomic mass is 9.79. The van der Waals surface area contributed by atoms with Gasteiger partial charge in [0, 0.05) is 73.2 Å². The van der Waals surface area contributed by atoms with Crippen LogP contribution in [0.15, 0.2) is 65.5 Å². The molecular formula is C54H71N7O12S. The molecule has 5 heterocycles. The van der Waals surface area contributed by atoms with Crippen molar-refractivity contribution in [1.82, 2.24) is 29.6 Å². The normalized spacial score (nSPS) is 22.6. The van der Waals surface area contributed by atoms with Gasteiger partial charge in [-0.05, 0) is 87.3 Å². The molecule has 8 atom stereocenters. The highest BCUT2D eigenvalue weighted by molar-refractivity contribution is 8.03. The van der Waals surface area contributed by atoms with E-state index in [0.717, 1.165) is 11.1 Å². The number of aliphatic carboxylic acids is 1. The molecular weight excluding hydrogens is 971 g/mol. The molecule has 7 rings (SSSR count). The van der Waals surface area contributed by atoms with Gasteiger partial charge in [-0.1, -0.05) is 45.9 Å². The number of likely N-dealkylation sites (tertiary alicyclic amines) is 2. The first-order valence-corrected chi connectivity index (χ1v) is 26.3. The number of carboxylic acids is 1. The number of methoxy groups -OCH3 is 2. The summed E-state index contributed by atoms with van der Waals surface area (Å²) in [6.45, 7) is 10.5. The number of aromatic nitrogens is 2. The number of esters is 1. The Bertz CT molecular complexity index is 2590. The first-order chi connectivity index (χ1) is 35.3. The third kappa shape index (κ3) is 12.1. The molecule has 0 spiro atoms. The van der Waals surface area contributed by atoms with Crippen LogP contribution in [0.5, 0.6) is 17.2 Å².